The van der Waals surface area contributed by atoms with Crippen LogP contribution in [0.1, 0.15) is 32.6 Å². The Morgan fingerprint density at radius 3 is 2.61 bits per heavy atom. The third-order valence-corrected chi connectivity index (χ3v) is 2.85. The fraction of sp³-hybridized carbons (Fsp3) is 0.833. The van der Waals surface area contributed by atoms with E-state index in [0.29, 0.717) is 19.6 Å². The van der Waals surface area contributed by atoms with Crippen molar-refractivity contribution in [2.24, 2.45) is 0 Å². The van der Waals surface area contributed by atoms with Gasteiger partial charge in [0.25, 0.3) is 0 Å². The van der Waals surface area contributed by atoms with Crippen LogP contribution in [-0.2, 0) is 4.74 Å². The number of amides is 2. The molecule has 1 rings (SSSR count). The van der Waals surface area contributed by atoms with Gasteiger partial charge >= 0.3 is 12.2 Å². The molecule has 0 aromatic rings. The lowest BCUT2D eigenvalue weighted by Crippen LogP contribution is -2.47. The SMILES string of the molecule is CCCCCCNC(=O)OC(=O)N1CCNCC1. The van der Waals surface area contributed by atoms with Crippen molar-refractivity contribution in [3.8, 4) is 0 Å². The topological polar surface area (TPSA) is 70.7 Å². The van der Waals surface area contributed by atoms with Crippen molar-refractivity contribution in [1.29, 1.82) is 0 Å². The van der Waals surface area contributed by atoms with Crippen LogP contribution in [0.2, 0.25) is 0 Å². The van der Waals surface area contributed by atoms with Crippen molar-refractivity contribution in [2.75, 3.05) is 32.7 Å². The number of piperazine rings is 1. The zero-order valence-electron chi connectivity index (χ0n) is 11.0. The van der Waals surface area contributed by atoms with Crippen molar-refractivity contribution in [3.05, 3.63) is 0 Å². The van der Waals surface area contributed by atoms with Crippen LogP contribution in [0.4, 0.5) is 9.59 Å². The maximum atomic E-state index is 11.6. The van der Waals surface area contributed by atoms with Gasteiger partial charge in [0, 0.05) is 32.7 Å². The van der Waals surface area contributed by atoms with E-state index in [1.165, 1.54) is 4.90 Å². The monoisotopic (exact) mass is 257 g/mol. The highest BCUT2D eigenvalue weighted by molar-refractivity contribution is 5.83. The van der Waals surface area contributed by atoms with Crippen molar-refractivity contribution in [2.45, 2.75) is 32.6 Å². The zero-order chi connectivity index (χ0) is 13.2. The first kappa shape index (κ1) is 14.8. The molecule has 0 aromatic carbocycles. The molecule has 0 saturated carbocycles. The number of hydrogen-bond acceptors (Lipinski definition) is 4. The van der Waals surface area contributed by atoms with Crippen LogP contribution in [0.25, 0.3) is 0 Å². The highest BCUT2D eigenvalue weighted by atomic mass is 16.6. The Balaban J connectivity index is 2.09. The molecule has 1 heterocycles. The van der Waals surface area contributed by atoms with Gasteiger partial charge in [0.15, 0.2) is 0 Å². The number of nitrogens with one attached hydrogen (secondary N) is 2. The first-order valence-electron chi connectivity index (χ1n) is 6.69. The predicted molar refractivity (Wildman–Crippen MR) is 68.5 cm³/mol. The lowest BCUT2D eigenvalue weighted by atomic mass is 10.2. The fourth-order valence-electron chi connectivity index (χ4n) is 1.77. The molecule has 2 amide bonds. The molecule has 1 saturated heterocycles. The minimum atomic E-state index is -0.643. The average molecular weight is 257 g/mol. The Hall–Kier alpha value is -1.30. The van der Waals surface area contributed by atoms with Gasteiger partial charge in [-0.05, 0) is 6.42 Å². The van der Waals surface area contributed by atoms with Gasteiger partial charge in [0.05, 0.1) is 0 Å². The van der Waals surface area contributed by atoms with Crippen LogP contribution in [0.3, 0.4) is 0 Å². The molecule has 1 aliphatic heterocycles. The third-order valence-electron chi connectivity index (χ3n) is 2.85. The Morgan fingerprint density at radius 1 is 1.22 bits per heavy atom. The standard InChI is InChI=1S/C12H23N3O3/c1-2-3-4-5-6-14-11(16)18-12(17)15-9-7-13-8-10-15/h13H,2-10H2,1H3,(H,14,16). The molecular formula is C12H23N3O3. The summed E-state index contributed by atoms with van der Waals surface area (Å²) in [7, 11) is 0. The molecule has 0 bridgehead atoms. The summed E-state index contributed by atoms with van der Waals surface area (Å²) in [4.78, 5) is 24.4. The molecule has 6 heteroatoms. The number of rotatable bonds is 5. The molecule has 0 spiro atoms. The predicted octanol–water partition coefficient (Wildman–Crippen LogP) is 1.32. The van der Waals surface area contributed by atoms with E-state index in [9.17, 15) is 9.59 Å². The fourth-order valence-corrected chi connectivity index (χ4v) is 1.77. The van der Waals surface area contributed by atoms with Gasteiger partial charge in [-0.2, -0.15) is 0 Å². The summed E-state index contributed by atoms with van der Waals surface area (Å²) in [6.45, 7) is 5.36. The van der Waals surface area contributed by atoms with Crippen molar-refractivity contribution < 1.29 is 14.3 Å². The summed E-state index contributed by atoms with van der Waals surface area (Å²) >= 11 is 0. The Morgan fingerprint density at radius 2 is 1.94 bits per heavy atom. The van der Waals surface area contributed by atoms with Crippen LogP contribution in [0.15, 0.2) is 0 Å². The molecule has 0 radical (unpaired) electrons. The van der Waals surface area contributed by atoms with Crippen LogP contribution >= 0.6 is 0 Å². The molecule has 0 atom stereocenters. The molecule has 18 heavy (non-hydrogen) atoms. The average Bonchev–Trinajstić information content (AvgIpc) is 2.39. The highest BCUT2D eigenvalue weighted by Crippen LogP contribution is 1.99. The van der Waals surface area contributed by atoms with Gasteiger partial charge in [0.2, 0.25) is 0 Å². The van der Waals surface area contributed by atoms with E-state index in [4.69, 9.17) is 4.74 Å². The Bertz CT molecular complexity index is 265. The molecule has 0 aliphatic carbocycles. The lowest BCUT2D eigenvalue weighted by molar-refractivity contribution is 0.113. The van der Waals surface area contributed by atoms with Gasteiger partial charge in [-0.15, -0.1) is 0 Å². The molecule has 0 unspecified atom stereocenters. The minimum Gasteiger partial charge on any atom is -0.359 e. The first-order valence-corrected chi connectivity index (χ1v) is 6.69. The maximum absolute atomic E-state index is 11.6. The number of carbonyl (C=O) groups is 2. The van der Waals surface area contributed by atoms with Gasteiger partial charge in [0.1, 0.15) is 0 Å². The summed E-state index contributed by atoms with van der Waals surface area (Å²) in [6.07, 6.45) is 3.13. The minimum absolute atomic E-state index is 0.553. The molecule has 1 fully saturated rings. The van der Waals surface area contributed by atoms with Crippen LogP contribution in [-0.4, -0.2) is 49.8 Å². The molecule has 2 N–H and O–H groups in total. The number of carbonyl (C=O) groups excluding carboxylic acids is 2. The summed E-state index contributed by atoms with van der Waals surface area (Å²) in [6, 6.07) is 0. The smallest absolute Gasteiger partial charge is 0.359 e. The second-order valence-electron chi connectivity index (χ2n) is 4.38. The zero-order valence-corrected chi connectivity index (χ0v) is 11.0. The van der Waals surface area contributed by atoms with Gasteiger partial charge < -0.3 is 20.3 Å². The van der Waals surface area contributed by atoms with E-state index in [1.54, 1.807) is 0 Å². The van der Waals surface area contributed by atoms with Crippen molar-refractivity contribution in [1.82, 2.24) is 15.5 Å². The van der Waals surface area contributed by atoms with Gasteiger partial charge in [-0.25, -0.2) is 9.59 Å². The van der Waals surface area contributed by atoms with E-state index >= 15 is 0 Å². The van der Waals surface area contributed by atoms with E-state index in [2.05, 4.69) is 17.6 Å². The molecule has 0 aromatic heterocycles. The number of ether oxygens (including phenoxy) is 1. The largest absolute Gasteiger partial charge is 0.418 e. The molecule has 104 valence electrons. The van der Waals surface area contributed by atoms with Gasteiger partial charge in [-0.1, -0.05) is 26.2 Å². The van der Waals surface area contributed by atoms with Gasteiger partial charge in [-0.3, -0.25) is 0 Å². The maximum Gasteiger partial charge on any atom is 0.418 e. The summed E-state index contributed by atoms with van der Waals surface area (Å²) < 4.78 is 4.71. The highest BCUT2D eigenvalue weighted by Gasteiger charge is 2.19. The van der Waals surface area contributed by atoms with E-state index < -0.39 is 12.2 Å². The summed E-state index contributed by atoms with van der Waals surface area (Å²) in [5, 5.41) is 5.71. The van der Waals surface area contributed by atoms with Crippen LogP contribution in [0.5, 0.6) is 0 Å². The third kappa shape index (κ3) is 5.86. The molecular weight excluding hydrogens is 234 g/mol. The van der Waals surface area contributed by atoms with E-state index in [0.717, 1.165) is 38.8 Å². The second kappa shape index (κ2) is 8.74. The Kier molecular flexibility index (Phi) is 7.17. The van der Waals surface area contributed by atoms with Crippen LogP contribution < -0.4 is 10.6 Å². The normalized spacial score (nSPS) is 15.3. The number of hydrogen-bond donors (Lipinski definition) is 2. The van der Waals surface area contributed by atoms with E-state index in [1.807, 2.05) is 0 Å². The quantitative estimate of drug-likeness (QED) is 0.575. The first-order chi connectivity index (χ1) is 8.74. The van der Waals surface area contributed by atoms with Crippen LogP contribution in [0, 0.1) is 0 Å². The Labute approximate surface area is 108 Å². The van der Waals surface area contributed by atoms with Crippen molar-refractivity contribution >= 4 is 12.2 Å². The number of unbranched alkanes of at least 4 members (excludes halogenated alkanes) is 3. The van der Waals surface area contributed by atoms with E-state index in [-0.39, 0.29) is 0 Å². The van der Waals surface area contributed by atoms with Crippen molar-refractivity contribution in [3.63, 3.8) is 0 Å². The summed E-state index contributed by atoms with van der Waals surface area (Å²) in [5.41, 5.74) is 0. The second-order valence-corrected chi connectivity index (χ2v) is 4.38. The molecule has 1 aliphatic rings. The number of nitrogens with zero attached hydrogens (tertiary/aromatic N) is 1. The number of alkyl carbamates (subject to hydrolysis) is 1. The lowest BCUT2D eigenvalue weighted by Gasteiger charge is -2.25. The summed E-state index contributed by atoms with van der Waals surface area (Å²) in [5.74, 6) is 0. The molecule has 6 nitrogen and oxygen atoms in total.